The fourth-order valence-corrected chi connectivity index (χ4v) is 13.4. The molecule has 9 rings (SSSR count). The molecule has 3 unspecified atom stereocenters. The van der Waals surface area contributed by atoms with Crippen LogP contribution in [-0.4, -0.2) is 133 Å². The van der Waals surface area contributed by atoms with E-state index in [1.54, 1.807) is 6.07 Å². The minimum atomic E-state index is -2.53. The maximum atomic E-state index is 15.3. The van der Waals surface area contributed by atoms with Crippen molar-refractivity contribution < 1.29 is 48.3 Å². The van der Waals surface area contributed by atoms with Crippen LogP contribution in [0.5, 0.6) is 5.75 Å². The molecule has 1 aromatic heterocycles. The molecule has 6 aliphatic rings. The third kappa shape index (κ3) is 5.19. The number of rotatable bonds is 8. The highest BCUT2D eigenvalue weighted by Gasteiger charge is 2.81. The van der Waals surface area contributed by atoms with Crippen molar-refractivity contribution in [3.63, 3.8) is 0 Å². The van der Waals surface area contributed by atoms with Gasteiger partial charge in [-0.1, -0.05) is 44.2 Å². The number of aliphatic hydroxyl groups is 2. The third-order valence-electron chi connectivity index (χ3n) is 15.5. The molecule has 1 saturated carbocycles. The number of hydrogen-bond acceptors (Lipinski definition) is 12. The summed E-state index contributed by atoms with van der Waals surface area (Å²) in [5, 5.41) is 26.3. The summed E-state index contributed by atoms with van der Waals surface area (Å²) in [5.74, 6) is -2.06. The normalized spacial score (nSPS) is 36.5. The number of H-pyrrole nitrogens is 1. The topological polar surface area (TPSA) is 171 Å². The van der Waals surface area contributed by atoms with Crippen LogP contribution in [0.15, 0.2) is 48.6 Å². The van der Waals surface area contributed by atoms with Crippen LogP contribution in [0, 0.1) is 11.3 Å². The van der Waals surface area contributed by atoms with Gasteiger partial charge in [-0.15, -0.1) is 0 Å². The molecule has 14 heteroatoms. The number of esters is 3. The Balaban J connectivity index is 1.38. The van der Waals surface area contributed by atoms with E-state index in [1.165, 1.54) is 33.2 Å². The van der Waals surface area contributed by atoms with Gasteiger partial charge < -0.3 is 39.0 Å². The molecule has 14 nitrogen and oxygen atoms in total. The van der Waals surface area contributed by atoms with Crippen molar-refractivity contribution in [1.29, 1.82) is 0 Å². The molecule has 10 atom stereocenters. The van der Waals surface area contributed by atoms with E-state index < -0.39 is 63.5 Å². The number of para-hydroxylation sites is 1. The predicted octanol–water partition coefficient (Wildman–Crippen LogP) is 3.52. The molecule has 2 aromatic carbocycles. The van der Waals surface area contributed by atoms with Crippen molar-refractivity contribution in [2.75, 3.05) is 59.0 Å². The Hall–Kier alpha value is -4.76. The first kappa shape index (κ1) is 40.6. The molecule has 2 saturated heterocycles. The van der Waals surface area contributed by atoms with E-state index in [4.69, 9.17) is 18.9 Å². The van der Waals surface area contributed by atoms with Gasteiger partial charge in [0.1, 0.15) is 11.2 Å². The predicted molar refractivity (Wildman–Crippen MR) is 221 cm³/mol. The van der Waals surface area contributed by atoms with E-state index in [9.17, 15) is 24.6 Å². The Morgan fingerprint density at radius 3 is 2.42 bits per heavy atom. The largest absolute Gasteiger partial charge is 0.496 e. The number of aromatic nitrogens is 1. The average molecular weight is 825 g/mol. The van der Waals surface area contributed by atoms with Gasteiger partial charge in [0.25, 0.3) is 0 Å². The van der Waals surface area contributed by atoms with Crippen molar-refractivity contribution in [1.82, 2.24) is 14.8 Å². The van der Waals surface area contributed by atoms with Crippen LogP contribution in [0.3, 0.4) is 0 Å². The van der Waals surface area contributed by atoms with Crippen molar-refractivity contribution in [2.45, 2.75) is 99.5 Å². The lowest BCUT2D eigenvalue weighted by Gasteiger charge is -2.63. The zero-order chi connectivity index (χ0) is 42.6. The molecule has 1 spiro atoms. The number of nitrogens with zero attached hydrogens (tertiary/aromatic N) is 3. The number of carbonyl (C=O) groups is 4. The first-order valence-corrected chi connectivity index (χ1v) is 21.3. The first-order valence-electron chi connectivity index (χ1n) is 21.3. The number of nitrogens with one attached hydrogen (secondary N) is 1. The summed E-state index contributed by atoms with van der Waals surface area (Å²) in [6.07, 6.45) is 5.83. The van der Waals surface area contributed by atoms with Gasteiger partial charge in [0.15, 0.2) is 6.10 Å². The summed E-state index contributed by atoms with van der Waals surface area (Å²) in [6, 6.07) is 9.97. The molecule has 3 aromatic rings. The number of carbonyl (C=O) groups excluding carboxylic acids is 4. The Kier molecular flexibility index (Phi) is 9.58. The van der Waals surface area contributed by atoms with Crippen LogP contribution in [-0.2, 0) is 50.6 Å². The summed E-state index contributed by atoms with van der Waals surface area (Å²) in [6.45, 7) is 8.16. The molecular formula is C46H56N4O10. The van der Waals surface area contributed by atoms with Crippen molar-refractivity contribution in [3.05, 3.63) is 70.9 Å². The number of piperidine rings is 1. The van der Waals surface area contributed by atoms with Crippen molar-refractivity contribution in [2.24, 2.45) is 11.3 Å². The molecular weight excluding hydrogens is 769 g/mol. The molecule has 320 valence electrons. The van der Waals surface area contributed by atoms with Gasteiger partial charge in [0.05, 0.1) is 38.7 Å². The van der Waals surface area contributed by atoms with Gasteiger partial charge in [-0.05, 0) is 74.2 Å². The highest BCUT2D eigenvalue weighted by molar-refractivity contribution is 5.96. The van der Waals surface area contributed by atoms with Gasteiger partial charge in [-0.25, -0.2) is 4.79 Å². The molecule has 1 aliphatic carbocycles. The van der Waals surface area contributed by atoms with E-state index in [1.807, 2.05) is 50.3 Å². The highest BCUT2D eigenvalue weighted by atomic mass is 16.6. The number of methoxy groups -OCH3 is 3. The number of amides is 1. The van der Waals surface area contributed by atoms with E-state index in [2.05, 4.69) is 20.9 Å². The summed E-state index contributed by atoms with van der Waals surface area (Å²) >= 11 is 0. The quantitative estimate of drug-likeness (QED) is 0.131. The van der Waals surface area contributed by atoms with Crippen LogP contribution < -0.4 is 9.64 Å². The third-order valence-corrected chi connectivity index (χ3v) is 15.5. The molecule has 3 fully saturated rings. The zero-order valence-corrected chi connectivity index (χ0v) is 35.3. The fraction of sp³-hybridized carbons (Fsp3) is 0.565. The number of fused-ring (bicyclic) bond motifs is 6. The van der Waals surface area contributed by atoms with Crippen LogP contribution in [0.2, 0.25) is 0 Å². The smallest absolute Gasteiger partial charge is 0.344 e. The molecule has 3 N–H and O–H groups in total. The van der Waals surface area contributed by atoms with Crippen LogP contribution >= 0.6 is 0 Å². The second kappa shape index (κ2) is 14.1. The second-order valence-corrected chi connectivity index (χ2v) is 18.1. The molecule has 5 aliphatic heterocycles. The molecule has 0 radical (unpaired) electrons. The van der Waals surface area contributed by atoms with E-state index in [0.29, 0.717) is 99.5 Å². The van der Waals surface area contributed by atoms with Crippen LogP contribution in [0.25, 0.3) is 10.9 Å². The lowest BCUT2D eigenvalue weighted by Crippen LogP contribution is -2.81. The van der Waals surface area contributed by atoms with Crippen molar-refractivity contribution in [3.8, 4) is 5.75 Å². The Bertz CT molecular complexity index is 2310. The second-order valence-electron chi connectivity index (χ2n) is 18.1. The van der Waals surface area contributed by atoms with Gasteiger partial charge in [-0.3, -0.25) is 24.2 Å². The molecule has 6 heterocycles. The van der Waals surface area contributed by atoms with Gasteiger partial charge >= 0.3 is 17.9 Å². The number of benzene rings is 2. The SMILES string of the molecule is CC[C@]1(O)C[C@H]2CN(CCc3c([nH]c4ccccc34)[C@@](C(=O)OC)(c3cc4c(cc3OC)N(C=O)[C@H]3[C@@](O)(C(=O)OC)C(OC(C)=O)[C@]5(CC)C=CCN6CC[C@]43C65)C2)C1. The summed E-state index contributed by atoms with van der Waals surface area (Å²) in [5.41, 5.74) is -3.15. The van der Waals surface area contributed by atoms with E-state index in [-0.39, 0.29) is 12.3 Å². The molecule has 60 heavy (non-hydrogen) atoms. The standard InChI is InChI=1S/C46H56N4O10/c1-7-42(55)22-28-23-45(40(53)58-5,36-30(14-18-48(24-28)25-42)29-12-9-10-13-33(29)47-36)32-20-31-34(21-35(32)57-4)50(26-51)38-44(31)16-19-49-17-11-15-43(8-2,37(44)49)39(60-27(3)52)46(38,56)41(54)59-6/h9-13,15,20-21,26,28,37-39,47,55-56H,7-8,14,16-19,22-25H2,1-6H3/t28-,37?,38-,39?,42+,43-,44-,45+,46+/m1/s1. The Morgan fingerprint density at radius 2 is 1.73 bits per heavy atom. The summed E-state index contributed by atoms with van der Waals surface area (Å²) < 4.78 is 23.7. The Morgan fingerprint density at radius 1 is 0.967 bits per heavy atom. The number of anilines is 1. The monoisotopic (exact) mass is 824 g/mol. The number of hydrogen-bond donors (Lipinski definition) is 3. The van der Waals surface area contributed by atoms with Crippen LogP contribution in [0.1, 0.15) is 75.3 Å². The minimum Gasteiger partial charge on any atom is -0.496 e. The van der Waals surface area contributed by atoms with Gasteiger partial charge in [0.2, 0.25) is 12.0 Å². The van der Waals surface area contributed by atoms with Gasteiger partial charge in [0, 0.05) is 78.2 Å². The highest BCUT2D eigenvalue weighted by Crippen LogP contribution is 2.68. The minimum absolute atomic E-state index is 0.155. The summed E-state index contributed by atoms with van der Waals surface area (Å²) in [4.78, 5) is 66.1. The Labute approximate surface area is 349 Å². The maximum Gasteiger partial charge on any atom is 0.344 e. The molecule has 2 bridgehead atoms. The van der Waals surface area contributed by atoms with Crippen LogP contribution in [0.4, 0.5) is 5.69 Å². The van der Waals surface area contributed by atoms with E-state index in [0.717, 1.165) is 16.5 Å². The van der Waals surface area contributed by atoms with E-state index >= 15 is 4.79 Å². The average Bonchev–Trinajstić information content (AvgIpc) is 3.92. The molecule has 1 amide bonds. The maximum absolute atomic E-state index is 15.3. The van der Waals surface area contributed by atoms with Gasteiger partial charge in [-0.2, -0.15) is 0 Å². The fourth-order valence-electron chi connectivity index (χ4n) is 13.4. The van der Waals surface area contributed by atoms with Crippen molar-refractivity contribution >= 4 is 40.9 Å². The number of ether oxygens (including phenoxy) is 4. The lowest BCUT2D eigenvalue weighted by molar-refractivity contribution is -0.228. The summed E-state index contributed by atoms with van der Waals surface area (Å²) in [7, 11) is 4.09. The first-order chi connectivity index (χ1) is 28.8. The zero-order valence-electron chi connectivity index (χ0n) is 35.3. The number of aromatic amines is 1. The lowest BCUT2D eigenvalue weighted by atomic mass is 9.47.